The fraction of sp³-hybridized carbons (Fsp3) is 0.240. The zero-order valence-electron chi connectivity index (χ0n) is 22.0. The number of aliphatic hydroxyl groups is 1. The Bertz CT molecular complexity index is 1570. The smallest absolute Gasteiger partial charge is 0.396 e. The second-order valence-corrected chi connectivity index (χ2v) is 9.39. The van der Waals surface area contributed by atoms with E-state index in [0.29, 0.717) is 41.7 Å². The highest BCUT2D eigenvalue weighted by molar-refractivity contribution is 7.32. The van der Waals surface area contributed by atoms with Crippen LogP contribution in [0.5, 0.6) is 0 Å². The first kappa shape index (κ1) is 30.5. The van der Waals surface area contributed by atoms with Crippen LogP contribution in [-0.2, 0) is 28.4 Å². The van der Waals surface area contributed by atoms with Gasteiger partial charge in [-0.1, -0.05) is 12.1 Å². The molecule has 1 amide bonds. The normalized spacial score (nSPS) is 11.7. The van der Waals surface area contributed by atoms with Crippen LogP contribution in [0.25, 0.3) is 11.3 Å². The van der Waals surface area contributed by atoms with E-state index in [1.165, 1.54) is 25.4 Å². The predicted molar refractivity (Wildman–Crippen MR) is 145 cm³/mol. The largest absolute Gasteiger partial charge is 0.695 e. The predicted octanol–water partition coefficient (Wildman–Crippen LogP) is 4.15. The molecule has 17 heteroatoms. The van der Waals surface area contributed by atoms with Crippen molar-refractivity contribution >= 4 is 37.3 Å². The number of aliphatic hydroxyl groups excluding tert-OH is 1. The minimum atomic E-state index is -4.82. The monoisotopic (exact) mass is 605 g/mol. The van der Waals surface area contributed by atoms with Crippen molar-refractivity contribution in [3.8, 4) is 11.3 Å². The summed E-state index contributed by atoms with van der Waals surface area (Å²) in [7, 11) is -1.39. The third-order valence-electron chi connectivity index (χ3n) is 5.71. The molecule has 4 aromatic rings. The van der Waals surface area contributed by atoms with Gasteiger partial charge in [0.05, 0.1) is 17.6 Å². The topological polar surface area (TPSA) is 176 Å². The molecule has 13 nitrogen and oxygen atoms in total. The van der Waals surface area contributed by atoms with Gasteiger partial charge in [-0.25, -0.2) is 9.97 Å². The van der Waals surface area contributed by atoms with E-state index in [9.17, 15) is 22.5 Å². The third-order valence-corrected chi connectivity index (χ3v) is 6.06. The molecule has 0 aliphatic heterocycles. The number of nitrogens with zero attached hydrogens (tertiary/aromatic N) is 5. The van der Waals surface area contributed by atoms with Crippen LogP contribution in [0.2, 0.25) is 0 Å². The summed E-state index contributed by atoms with van der Waals surface area (Å²) in [6.45, 7) is 0.350. The minimum Gasteiger partial charge on any atom is -0.396 e. The second kappa shape index (κ2) is 13.4. The van der Waals surface area contributed by atoms with Crippen molar-refractivity contribution in [2.75, 3.05) is 24.3 Å². The second-order valence-electron chi connectivity index (χ2n) is 8.65. The molecule has 42 heavy (non-hydrogen) atoms. The fourth-order valence-electron chi connectivity index (χ4n) is 3.68. The number of pyridine rings is 1. The van der Waals surface area contributed by atoms with E-state index in [2.05, 4.69) is 40.5 Å². The zero-order valence-corrected chi connectivity index (χ0v) is 22.9. The number of halogens is 3. The Labute approximate surface area is 237 Å². The lowest BCUT2D eigenvalue weighted by Crippen LogP contribution is -2.21. The summed E-state index contributed by atoms with van der Waals surface area (Å²) < 4.78 is 58.6. The van der Waals surface area contributed by atoms with Crippen LogP contribution in [0.4, 0.5) is 36.3 Å². The molecule has 0 bridgehead atoms. The van der Waals surface area contributed by atoms with Crippen LogP contribution in [-0.4, -0.2) is 54.3 Å². The lowest BCUT2D eigenvalue weighted by molar-refractivity contribution is -0.137. The zero-order chi connectivity index (χ0) is 30.3. The Morgan fingerprint density at radius 2 is 1.86 bits per heavy atom. The molecule has 3 heterocycles. The number of nitrogens with one attached hydrogen (secondary N) is 3. The van der Waals surface area contributed by atoms with Gasteiger partial charge in [0.15, 0.2) is 5.69 Å². The van der Waals surface area contributed by atoms with Crippen molar-refractivity contribution in [3.05, 3.63) is 71.8 Å². The third kappa shape index (κ3) is 7.82. The van der Waals surface area contributed by atoms with Crippen molar-refractivity contribution in [3.63, 3.8) is 0 Å². The number of rotatable bonds is 12. The first-order valence-corrected chi connectivity index (χ1v) is 13.4. The van der Waals surface area contributed by atoms with E-state index in [-0.39, 0.29) is 30.5 Å². The molecule has 220 valence electrons. The number of aryl methyl sites for hydroxylation is 1. The van der Waals surface area contributed by atoms with Crippen molar-refractivity contribution in [2.24, 2.45) is 0 Å². The van der Waals surface area contributed by atoms with Gasteiger partial charge in [0.1, 0.15) is 18.0 Å². The summed E-state index contributed by atoms with van der Waals surface area (Å²) in [4.78, 5) is 33.6. The Morgan fingerprint density at radius 1 is 1.10 bits per heavy atom. The van der Waals surface area contributed by atoms with Crippen LogP contribution in [0, 0.1) is 0 Å². The quantitative estimate of drug-likeness (QED) is 0.147. The summed E-state index contributed by atoms with van der Waals surface area (Å²) >= 11 is 0. The molecule has 1 atom stereocenters. The molecular formula is C25H25F3N8O5P+. The molecule has 0 aliphatic rings. The lowest BCUT2D eigenvalue weighted by Gasteiger charge is -2.16. The molecule has 0 aliphatic carbocycles. The van der Waals surface area contributed by atoms with E-state index in [4.69, 9.17) is 10.00 Å². The number of aromatic nitrogens is 5. The van der Waals surface area contributed by atoms with Gasteiger partial charge >= 0.3 is 14.4 Å². The number of amides is 1. The highest BCUT2D eigenvalue weighted by Gasteiger charge is 2.36. The summed E-state index contributed by atoms with van der Waals surface area (Å²) in [6.07, 6.45) is -0.513. The van der Waals surface area contributed by atoms with Crippen LogP contribution in [0.1, 0.15) is 28.0 Å². The molecule has 4 rings (SSSR count). The van der Waals surface area contributed by atoms with Crippen molar-refractivity contribution in [2.45, 2.75) is 25.7 Å². The number of benzene rings is 1. The standard InChI is InChI=1S/C25H24F3N8O5P/c1-29-23(38)21-20(8-7-19(33-21)16-11-31-36(13-16)9-2-10-37)34-22-18(25(26,27)28)12-30-24(35-22)32-17-5-3-15(4-6-17)14-41-42(39)40/h3-8,11-13,37H,2,9-10,14H2,1H3,(H3-,29,30,32,34,35,38,39,40)/p+1. The molecule has 5 N–H and O–H groups in total. The highest BCUT2D eigenvalue weighted by Crippen LogP contribution is 2.36. The van der Waals surface area contributed by atoms with Gasteiger partial charge < -0.3 is 21.1 Å². The number of alkyl halides is 3. The fourth-order valence-corrected chi connectivity index (χ4v) is 3.94. The van der Waals surface area contributed by atoms with E-state index in [0.717, 1.165) is 0 Å². The Hall–Kier alpha value is -4.50. The van der Waals surface area contributed by atoms with Crippen molar-refractivity contribution in [1.82, 2.24) is 30.0 Å². The van der Waals surface area contributed by atoms with Gasteiger partial charge in [0.2, 0.25) is 5.95 Å². The number of hydrogen-bond acceptors (Lipinski definition) is 10. The first-order chi connectivity index (χ1) is 20.1. The van der Waals surface area contributed by atoms with Crippen LogP contribution < -0.4 is 16.0 Å². The van der Waals surface area contributed by atoms with Gasteiger partial charge in [0, 0.05) is 48.4 Å². The molecular weight excluding hydrogens is 580 g/mol. The maximum atomic E-state index is 13.9. The number of hydrogen-bond donors (Lipinski definition) is 5. The molecule has 3 aromatic heterocycles. The molecule has 0 spiro atoms. The minimum absolute atomic E-state index is 0.00758. The lowest BCUT2D eigenvalue weighted by atomic mass is 10.1. The SMILES string of the molecule is CNC(=O)c1nc(-c2cnn(CCCO)c2)ccc1Nc1nc(Nc2ccc(CO[P+](=O)O)cc2)ncc1C(F)(F)F. The van der Waals surface area contributed by atoms with Crippen molar-refractivity contribution in [1.29, 1.82) is 0 Å². The molecule has 0 fully saturated rings. The number of carbonyl (C=O) groups is 1. The summed E-state index contributed by atoms with van der Waals surface area (Å²) in [5, 5.41) is 21.0. The van der Waals surface area contributed by atoms with E-state index in [1.54, 1.807) is 35.1 Å². The molecule has 1 unspecified atom stereocenters. The first-order valence-electron chi connectivity index (χ1n) is 12.3. The molecule has 0 saturated heterocycles. The summed E-state index contributed by atoms with van der Waals surface area (Å²) in [5.74, 6) is -1.44. The number of carbonyl (C=O) groups excluding carboxylic acids is 1. The van der Waals surface area contributed by atoms with Crippen LogP contribution in [0.15, 0.2) is 55.0 Å². The number of anilines is 4. The van der Waals surface area contributed by atoms with Crippen molar-refractivity contribution < 1.29 is 37.1 Å². The van der Waals surface area contributed by atoms with Gasteiger partial charge in [-0.3, -0.25) is 9.48 Å². The van der Waals surface area contributed by atoms with Gasteiger partial charge in [-0.2, -0.15) is 23.3 Å². The van der Waals surface area contributed by atoms with Crippen LogP contribution >= 0.6 is 8.25 Å². The average molecular weight is 605 g/mol. The molecule has 1 aromatic carbocycles. The van der Waals surface area contributed by atoms with Gasteiger partial charge in [-0.05, 0) is 36.2 Å². The van der Waals surface area contributed by atoms with E-state index < -0.39 is 31.7 Å². The molecule has 0 radical (unpaired) electrons. The maximum absolute atomic E-state index is 13.9. The summed E-state index contributed by atoms with van der Waals surface area (Å²) in [5.41, 5.74) is 0.551. The average Bonchev–Trinajstić information content (AvgIpc) is 3.44. The Balaban J connectivity index is 1.63. The van der Waals surface area contributed by atoms with E-state index >= 15 is 0 Å². The Kier molecular flexibility index (Phi) is 9.75. The summed E-state index contributed by atoms with van der Waals surface area (Å²) in [6, 6.07) is 9.24. The maximum Gasteiger partial charge on any atom is 0.695 e. The van der Waals surface area contributed by atoms with Crippen LogP contribution in [0.3, 0.4) is 0 Å². The van der Waals surface area contributed by atoms with E-state index in [1.807, 2.05) is 0 Å². The molecule has 0 saturated carbocycles. The Morgan fingerprint density at radius 3 is 2.52 bits per heavy atom. The van der Waals surface area contributed by atoms with Gasteiger partial charge in [-0.15, -0.1) is 9.42 Å². The highest BCUT2D eigenvalue weighted by atomic mass is 31.1. The van der Waals surface area contributed by atoms with Gasteiger partial charge in [0.25, 0.3) is 5.91 Å².